The Labute approximate surface area is 266 Å². The summed E-state index contributed by atoms with van der Waals surface area (Å²) in [7, 11) is 0. The van der Waals surface area contributed by atoms with Gasteiger partial charge < -0.3 is 24.7 Å². The number of nitrogens with zero attached hydrogens (tertiary/aromatic N) is 1. The quantitative estimate of drug-likeness (QED) is 0.0777. The monoisotopic (exact) mass is 685 g/mol. The molecule has 47 heavy (non-hydrogen) atoms. The van der Waals surface area contributed by atoms with Crippen LogP contribution in [0.2, 0.25) is 0 Å². The van der Waals surface area contributed by atoms with Gasteiger partial charge in [-0.15, -0.1) is 0 Å². The molecule has 3 aromatic carbocycles. The van der Waals surface area contributed by atoms with Crippen LogP contribution in [0.5, 0.6) is 5.75 Å². The Bertz CT molecular complexity index is 1800. The van der Waals surface area contributed by atoms with Gasteiger partial charge in [0.15, 0.2) is 5.75 Å². The third-order valence-corrected chi connectivity index (χ3v) is 8.18. The standard InChI is InChI=1S/C31H26F7N3O5S/c32-19-4-6-20(7-5-19)41(21-8-9-21)16-18-3-1-2-17(14-18)12-13-39-15-24(46-28(43)31(36,37)38)22-10-11-23(45-27(42)30(33,34)35)25-26(22)47-29(44)40-25/h1-7,10-11,14,21,24,39H,8-9,12-13,15-16H2,(H,40,44)/t24-/m0/s1. The zero-order valence-electron chi connectivity index (χ0n) is 24.2. The fourth-order valence-corrected chi connectivity index (χ4v) is 5.84. The number of H-pyrrole nitrogens is 1. The average Bonchev–Trinajstić information content (AvgIpc) is 3.77. The topological polar surface area (TPSA) is 101 Å². The second kappa shape index (κ2) is 13.7. The highest BCUT2D eigenvalue weighted by molar-refractivity contribution is 7.16. The number of alkyl halides is 6. The lowest BCUT2D eigenvalue weighted by atomic mass is 10.1. The fourth-order valence-electron chi connectivity index (χ4n) is 4.93. The Kier molecular flexibility index (Phi) is 9.91. The molecule has 5 rings (SSSR count). The normalized spacial score (nSPS) is 14.2. The Balaban J connectivity index is 1.29. The molecule has 1 atom stereocenters. The largest absolute Gasteiger partial charge is 0.491 e. The maximum atomic E-state index is 13.5. The van der Waals surface area contributed by atoms with E-state index in [1.807, 2.05) is 24.3 Å². The van der Waals surface area contributed by atoms with E-state index >= 15 is 0 Å². The number of aromatic amines is 1. The van der Waals surface area contributed by atoms with E-state index in [9.17, 15) is 45.1 Å². The predicted molar refractivity (Wildman–Crippen MR) is 158 cm³/mol. The van der Waals surface area contributed by atoms with Gasteiger partial charge in [-0.05, 0) is 73.3 Å². The third-order valence-electron chi connectivity index (χ3n) is 7.24. The van der Waals surface area contributed by atoms with Gasteiger partial charge >= 0.3 is 29.2 Å². The molecule has 0 unspecified atom stereocenters. The number of carbonyl (C=O) groups is 2. The van der Waals surface area contributed by atoms with Crippen LogP contribution >= 0.6 is 11.3 Å². The molecule has 1 heterocycles. The van der Waals surface area contributed by atoms with Crippen molar-refractivity contribution in [2.24, 2.45) is 0 Å². The molecule has 1 fully saturated rings. The van der Waals surface area contributed by atoms with Gasteiger partial charge in [-0.2, -0.15) is 26.3 Å². The summed E-state index contributed by atoms with van der Waals surface area (Å²) in [5.74, 6) is -6.09. The van der Waals surface area contributed by atoms with Crippen molar-refractivity contribution in [3.05, 3.63) is 92.8 Å². The van der Waals surface area contributed by atoms with Crippen LogP contribution in [0.3, 0.4) is 0 Å². The Morgan fingerprint density at radius 3 is 2.30 bits per heavy atom. The van der Waals surface area contributed by atoms with E-state index in [1.165, 1.54) is 12.1 Å². The van der Waals surface area contributed by atoms with E-state index in [1.54, 1.807) is 12.1 Å². The first kappa shape index (κ1) is 33.9. The number of rotatable bonds is 12. The van der Waals surface area contributed by atoms with Crippen molar-refractivity contribution in [2.45, 2.75) is 50.3 Å². The number of nitrogens with one attached hydrogen (secondary N) is 2. The molecule has 1 saturated carbocycles. The third kappa shape index (κ3) is 8.68. The minimum Gasteiger partial charge on any atom is -0.449 e. The van der Waals surface area contributed by atoms with E-state index in [-0.39, 0.29) is 34.7 Å². The molecule has 1 aromatic heterocycles. The van der Waals surface area contributed by atoms with E-state index in [4.69, 9.17) is 4.74 Å². The number of aromatic nitrogens is 1. The van der Waals surface area contributed by atoms with Crippen molar-refractivity contribution in [1.82, 2.24) is 10.3 Å². The lowest BCUT2D eigenvalue weighted by molar-refractivity contribution is -0.205. The van der Waals surface area contributed by atoms with Gasteiger partial charge in [0.25, 0.3) is 0 Å². The smallest absolute Gasteiger partial charge is 0.449 e. The summed E-state index contributed by atoms with van der Waals surface area (Å²) in [5, 5.41) is 2.94. The number of hydrogen-bond acceptors (Lipinski definition) is 8. The number of anilines is 1. The number of esters is 2. The molecule has 0 radical (unpaired) electrons. The van der Waals surface area contributed by atoms with Crippen molar-refractivity contribution < 1.29 is 49.8 Å². The van der Waals surface area contributed by atoms with Gasteiger partial charge in [-0.1, -0.05) is 35.6 Å². The summed E-state index contributed by atoms with van der Waals surface area (Å²) >= 11 is 0.432. The van der Waals surface area contributed by atoms with Crippen molar-refractivity contribution >= 4 is 39.2 Å². The summed E-state index contributed by atoms with van der Waals surface area (Å²) < 4.78 is 100. The lowest BCUT2D eigenvalue weighted by Crippen LogP contribution is -2.32. The Hall–Kier alpha value is -4.44. The van der Waals surface area contributed by atoms with Gasteiger partial charge in [-0.25, -0.2) is 14.0 Å². The molecule has 0 spiro atoms. The number of fused-ring (bicyclic) bond motifs is 1. The second-order valence-electron chi connectivity index (χ2n) is 10.8. The molecule has 16 heteroatoms. The highest BCUT2D eigenvalue weighted by Gasteiger charge is 2.43. The zero-order chi connectivity index (χ0) is 33.9. The van der Waals surface area contributed by atoms with Crippen molar-refractivity contribution in [1.29, 1.82) is 0 Å². The van der Waals surface area contributed by atoms with Crippen LogP contribution in [-0.2, 0) is 27.3 Å². The second-order valence-corrected chi connectivity index (χ2v) is 11.7. The fraction of sp³-hybridized carbons (Fsp3) is 0.323. The SMILES string of the molecule is O=C(Oc1ccc([C@H](CNCCc2cccc(CN(c3ccc(F)cc3)C3CC3)c2)OC(=O)C(F)(F)F)c2sc(=O)[nH]c12)C(F)(F)F. The molecule has 8 nitrogen and oxygen atoms in total. The first-order valence-corrected chi connectivity index (χ1v) is 15.0. The maximum absolute atomic E-state index is 13.5. The first-order chi connectivity index (χ1) is 22.2. The molecule has 0 aliphatic heterocycles. The van der Waals surface area contributed by atoms with E-state index in [0.717, 1.165) is 41.8 Å². The van der Waals surface area contributed by atoms with Gasteiger partial charge in [0.05, 0.1) is 4.70 Å². The molecule has 1 aliphatic rings. The molecule has 0 bridgehead atoms. The minimum atomic E-state index is -5.35. The van der Waals surface area contributed by atoms with Crippen LogP contribution < -0.4 is 19.8 Å². The van der Waals surface area contributed by atoms with Gasteiger partial charge in [0.2, 0.25) is 0 Å². The highest BCUT2D eigenvalue weighted by Crippen LogP contribution is 2.36. The van der Waals surface area contributed by atoms with Crippen LogP contribution in [0.25, 0.3) is 10.2 Å². The van der Waals surface area contributed by atoms with Gasteiger partial charge in [-0.3, -0.25) is 4.79 Å². The molecule has 0 saturated heterocycles. The van der Waals surface area contributed by atoms with Crippen LogP contribution in [0.4, 0.5) is 36.4 Å². The van der Waals surface area contributed by atoms with Crippen LogP contribution in [0, 0.1) is 5.82 Å². The zero-order valence-corrected chi connectivity index (χ0v) is 25.0. The number of halogens is 7. The van der Waals surface area contributed by atoms with E-state index < -0.39 is 41.0 Å². The molecule has 250 valence electrons. The van der Waals surface area contributed by atoms with Crippen molar-refractivity contribution in [3.8, 4) is 5.75 Å². The molecular formula is C31H26F7N3O5S. The summed E-state index contributed by atoms with van der Waals surface area (Å²) in [6.45, 7) is 0.447. The number of ether oxygens (including phenoxy) is 2. The molecule has 2 N–H and O–H groups in total. The average molecular weight is 686 g/mol. The number of carbonyl (C=O) groups excluding carboxylic acids is 2. The summed E-state index contributed by atoms with van der Waals surface area (Å²) in [6.07, 6.45) is -9.86. The summed E-state index contributed by atoms with van der Waals surface area (Å²) in [4.78, 5) is 38.9. The summed E-state index contributed by atoms with van der Waals surface area (Å²) in [6, 6.07) is 16.2. The molecule has 4 aromatic rings. The lowest BCUT2D eigenvalue weighted by Gasteiger charge is -2.25. The van der Waals surface area contributed by atoms with Gasteiger partial charge in [0, 0.05) is 30.4 Å². The minimum absolute atomic E-state index is 0.122. The van der Waals surface area contributed by atoms with Crippen LogP contribution in [0.1, 0.15) is 35.6 Å². The van der Waals surface area contributed by atoms with E-state index in [2.05, 4.69) is 19.9 Å². The molecular weight excluding hydrogens is 659 g/mol. The molecule has 0 amide bonds. The predicted octanol–water partition coefficient (Wildman–Crippen LogP) is 6.34. The van der Waals surface area contributed by atoms with Crippen molar-refractivity contribution in [3.63, 3.8) is 0 Å². The number of thiazole rings is 1. The highest BCUT2D eigenvalue weighted by atomic mass is 32.1. The van der Waals surface area contributed by atoms with Crippen LogP contribution in [0.15, 0.2) is 65.5 Å². The van der Waals surface area contributed by atoms with Crippen LogP contribution in [-0.4, -0.2) is 48.4 Å². The van der Waals surface area contributed by atoms with E-state index in [0.29, 0.717) is 30.3 Å². The summed E-state index contributed by atoms with van der Waals surface area (Å²) in [5.41, 5.74) is 2.29. The number of benzene rings is 3. The maximum Gasteiger partial charge on any atom is 0.491 e. The first-order valence-electron chi connectivity index (χ1n) is 14.2. The van der Waals surface area contributed by atoms with Gasteiger partial charge in [0.1, 0.15) is 17.4 Å². The Morgan fingerprint density at radius 2 is 1.64 bits per heavy atom. The molecule has 1 aliphatic carbocycles. The number of hydrogen-bond donors (Lipinski definition) is 2. The Morgan fingerprint density at radius 1 is 0.957 bits per heavy atom. The van der Waals surface area contributed by atoms with Crippen molar-refractivity contribution in [2.75, 3.05) is 18.0 Å².